The number of benzene rings is 1. The van der Waals surface area contributed by atoms with Crippen molar-refractivity contribution in [2.45, 2.75) is 6.92 Å². The lowest BCUT2D eigenvalue weighted by Gasteiger charge is -2.22. The molecular formula is C13H12O2. The molecule has 0 atom stereocenters. The summed E-state index contributed by atoms with van der Waals surface area (Å²) in [6, 6.07) is 7.58. The maximum atomic E-state index is 5.67. The minimum absolute atomic E-state index is 0.686. The van der Waals surface area contributed by atoms with Crippen LogP contribution in [-0.4, -0.2) is 0 Å². The Morgan fingerprint density at radius 3 is 2.20 bits per heavy atom. The van der Waals surface area contributed by atoms with Crippen molar-refractivity contribution in [2.75, 3.05) is 0 Å². The quantitative estimate of drug-likeness (QED) is 0.691. The van der Waals surface area contributed by atoms with Gasteiger partial charge in [-0.3, -0.25) is 0 Å². The zero-order valence-corrected chi connectivity index (χ0v) is 8.57. The summed E-state index contributed by atoms with van der Waals surface area (Å²) in [4.78, 5) is 0. The lowest BCUT2D eigenvalue weighted by Crippen LogP contribution is -2.11. The molecule has 0 saturated carbocycles. The molecule has 0 unspecified atom stereocenters. The summed E-state index contributed by atoms with van der Waals surface area (Å²) < 4.78 is 11.3. The predicted molar refractivity (Wildman–Crippen MR) is 59.7 cm³/mol. The average molecular weight is 200 g/mol. The van der Waals surface area contributed by atoms with Gasteiger partial charge in [-0.1, -0.05) is 24.8 Å². The minimum Gasteiger partial charge on any atom is -0.450 e. The second-order valence-electron chi connectivity index (χ2n) is 3.07. The Morgan fingerprint density at radius 1 is 1.07 bits per heavy atom. The average Bonchev–Trinajstić information content (AvgIpc) is 2.28. The smallest absolute Gasteiger partial charge is 0.170 e. The number of hydrogen-bond donors (Lipinski definition) is 0. The first-order valence-corrected chi connectivity index (χ1v) is 4.79. The molecule has 0 N–H and O–H groups in total. The lowest BCUT2D eigenvalue weighted by atomic mass is 10.2. The van der Waals surface area contributed by atoms with E-state index in [1.165, 1.54) is 0 Å². The molecule has 15 heavy (non-hydrogen) atoms. The third kappa shape index (κ3) is 1.79. The van der Waals surface area contributed by atoms with E-state index in [1.54, 1.807) is 12.2 Å². The van der Waals surface area contributed by atoms with E-state index in [-0.39, 0.29) is 0 Å². The van der Waals surface area contributed by atoms with E-state index < -0.39 is 0 Å². The SMILES string of the molecule is C=C/C=C1/Oc2ccccc2O/C1=C/C. The summed E-state index contributed by atoms with van der Waals surface area (Å²) in [5, 5.41) is 0. The standard InChI is InChI=1S/C13H12O2/c1-3-7-11-10(4-2)14-12-8-5-6-9-13(12)15-11/h3-9H,1H2,2H3/b10-4+,11-7+. The summed E-state index contributed by atoms with van der Waals surface area (Å²) in [7, 11) is 0. The number of allylic oxidation sites excluding steroid dienone is 3. The van der Waals surface area contributed by atoms with Gasteiger partial charge in [0.1, 0.15) is 0 Å². The predicted octanol–water partition coefficient (Wildman–Crippen LogP) is 3.43. The Balaban J connectivity index is 2.44. The Morgan fingerprint density at radius 2 is 1.67 bits per heavy atom. The summed E-state index contributed by atoms with van der Waals surface area (Å²) in [5.41, 5.74) is 0. The van der Waals surface area contributed by atoms with Crippen molar-refractivity contribution in [3.63, 3.8) is 0 Å². The Kier molecular flexibility index (Phi) is 2.59. The van der Waals surface area contributed by atoms with Crippen molar-refractivity contribution in [1.82, 2.24) is 0 Å². The van der Waals surface area contributed by atoms with Crippen LogP contribution in [0.25, 0.3) is 0 Å². The molecule has 2 nitrogen and oxygen atoms in total. The molecule has 76 valence electrons. The van der Waals surface area contributed by atoms with Crippen LogP contribution in [0.2, 0.25) is 0 Å². The first-order chi connectivity index (χ1) is 7.35. The van der Waals surface area contributed by atoms with Crippen LogP contribution in [0, 0.1) is 0 Å². The highest BCUT2D eigenvalue weighted by Gasteiger charge is 2.19. The third-order valence-electron chi connectivity index (χ3n) is 2.06. The van der Waals surface area contributed by atoms with Crippen molar-refractivity contribution in [2.24, 2.45) is 0 Å². The van der Waals surface area contributed by atoms with Crippen LogP contribution in [0.4, 0.5) is 0 Å². The molecule has 0 saturated heterocycles. The molecule has 0 aromatic heterocycles. The summed E-state index contributed by atoms with van der Waals surface area (Å²) in [6.45, 7) is 5.55. The number of rotatable bonds is 1. The van der Waals surface area contributed by atoms with E-state index in [9.17, 15) is 0 Å². The van der Waals surface area contributed by atoms with Crippen molar-refractivity contribution >= 4 is 0 Å². The van der Waals surface area contributed by atoms with Gasteiger partial charge >= 0.3 is 0 Å². The first-order valence-electron chi connectivity index (χ1n) is 4.79. The van der Waals surface area contributed by atoms with E-state index in [4.69, 9.17) is 9.47 Å². The molecule has 0 bridgehead atoms. The second kappa shape index (κ2) is 4.05. The fraction of sp³-hybridized carbons (Fsp3) is 0.0769. The van der Waals surface area contributed by atoms with Gasteiger partial charge in [-0.05, 0) is 31.2 Å². The first kappa shape index (κ1) is 9.59. The number of fused-ring (bicyclic) bond motifs is 1. The lowest BCUT2D eigenvalue weighted by molar-refractivity contribution is 0.294. The van der Waals surface area contributed by atoms with E-state index in [0.29, 0.717) is 11.5 Å². The van der Waals surface area contributed by atoms with Gasteiger partial charge in [-0.25, -0.2) is 0 Å². The Bertz CT molecular complexity index is 442. The van der Waals surface area contributed by atoms with Crippen LogP contribution < -0.4 is 9.47 Å². The molecule has 1 aliphatic heterocycles. The summed E-state index contributed by atoms with van der Waals surface area (Å²) in [6.07, 6.45) is 5.33. The van der Waals surface area contributed by atoms with Crippen LogP contribution in [0.5, 0.6) is 11.5 Å². The molecule has 1 aliphatic rings. The fourth-order valence-corrected chi connectivity index (χ4v) is 1.38. The molecule has 2 rings (SSSR count). The molecule has 1 aromatic carbocycles. The highest BCUT2D eigenvalue weighted by Crippen LogP contribution is 2.36. The van der Waals surface area contributed by atoms with E-state index in [1.807, 2.05) is 37.3 Å². The van der Waals surface area contributed by atoms with E-state index in [0.717, 1.165) is 11.5 Å². The highest BCUT2D eigenvalue weighted by molar-refractivity contribution is 5.47. The maximum Gasteiger partial charge on any atom is 0.170 e. The molecule has 0 radical (unpaired) electrons. The second-order valence-corrected chi connectivity index (χ2v) is 3.07. The van der Waals surface area contributed by atoms with Gasteiger partial charge in [-0.15, -0.1) is 0 Å². The summed E-state index contributed by atoms with van der Waals surface area (Å²) in [5.74, 6) is 2.88. The summed E-state index contributed by atoms with van der Waals surface area (Å²) >= 11 is 0. The largest absolute Gasteiger partial charge is 0.450 e. The number of ether oxygens (including phenoxy) is 2. The highest BCUT2D eigenvalue weighted by atomic mass is 16.6. The van der Waals surface area contributed by atoms with Crippen molar-refractivity contribution in [3.8, 4) is 11.5 Å². The molecule has 0 spiro atoms. The molecular weight excluding hydrogens is 188 g/mol. The molecule has 0 fully saturated rings. The van der Waals surface area contributed by atoms with Crippen LogP contribution in [0.3, 0.4) is 0 Å². The van der Waals surface area contributed by atoms with Crippen molar-refractivity contribution < 1.29 is 9.47 Å². The van der Waals surface area contributed by atoms with Crippen molar-refractivity contribution in [1.29, 1.82) is 0 Å². The normalized spacial score (nSPS) is 19.3. The minimum atomic E-state index is 0.686. The molecule has 1 aromatic rings. The number of hydrogen-bond acceptors (Lipinski definition) is 2. The molecule has 0 aliphatic carbocycles. The molecule has 0 amide bonds. The van der Waals surface area contributed by atoms with Gasteiger partial charge in [0.2, 0.25) is 0 Å². The Hall–Kier alpha value is -1.96. The Labute approximate surface area is 89.1 Å². The zero-order chi connectivity index (χ0) is 10.7. The topological polar surface area (TPSA) is 18.5 Å². The maximum absolute atomic E-state index is 5.67. The monoisotopic (exact) mass is 200 g/mol. The molecule has 2 heteroatoms. The zero-order valence-electron chi connectivity index (χ0n) is 8.57. The van der Waals surface area contributed by atoms with Gasteiger partial charge in [0.25, 0.3) is 0 Å². The van der Waals surface area contributed by atoms with Gasteiger partial charge in [0.15, 0.2) is 23.0 Å². The third-order valence-corrected chi connectivity index (χ3v) is 2.06. The van der Waals surface area contributed by atoms with Gasteiger partial charge in [-0.2, -0.15) is 0 Å². The van der Waals surface area contributed by atoms with Crippen LogP contribution in [0.1, 0.15) is 6.92 Å². The number of para-hydroxylation sites is 2. The van der Waals surface area contributed by atoms with Crippen LogP contribution in [0.15, 0.2) is 60.6 Å². The molecule has 1 heterocycles. The van der Waals surface area contributed by atoms with Gasteiger partial charge in [0, 0.05) is 0 Å². The van der Waals surface area contributed by atoms with E-state index in [2.05, 4.69) is 6.58 Å². The van der Waals surface area contributed by atoms with E-state index >= 15 is 0 Å². The van der Waals surface area contributed by atoms with Gasteiger partial charge in [0.05, 0.1) is 0 Å². The van der Waals surface area contributed by atoms with Gasteiger partial charge < -0.3 is 9.47 Å². The van der Waals surface area contributed by atoms with Crippen molar-refractivity contribution in [3.05, 3.63) is 60.6 Å². The van der Waals surface area contributed by atoms with Crippen LogP contribution >= 0.6 is 0 Å². The van der Waals surface area contributed by atoms with Crippen LogP contribution in [-0.2, 0) is 0 Å². The fourth-order valence-electron chi connectivity index (χ4n) is 1.38.